The van der Waals surface area contributed by atoms with Crippen LogP contribution in [0, 0.1) is 0 Å². The van der Waals surface area contributed by atoms with E-state index in [1.54, 1.807) is 24.4 Å². The van der Waals surface area contributed by atoms with Crippen LogP contribution in [0.5, 0.6) is 0 Å². The second-order valence-electron chi connectivity index (χ2n) is 3.38. The number of fused-ring (bicyclic) bond motifs is 1. The van der Waals surface area contributed by atoms with Gasteiger partial charge in [0.15, 0.2) is 0 Å². The average Bonchev–Trinajstić information content (AvgIpc) is 2.26. The third-order valence-corrected chi connectivity index (χ3v) is 2.39. The average molecular weight is 237 g/mol. The summed E-state index contributed by atoms with van der Waals surface area (Å²) in [5, 5.41) is 10.0. The Kier molecular flexibility index (Phi) is 3.01. The number of carbonyl (C=O) groups is 1. The van der Waals surface area contributed by atoms with Crippen molar-refractivity contribution in [1.82, 2.24) is 9.97 Å². The molecule has 0 amide bonds. The first kappa shape index (κ1) is 10.8. The van der Waals surface area contributed by atoms with E-state index in [1.165, 1.54) is 0 Å². The van der Waals surface area contributed by atoms with Crippen molar-refractivity contribution in [2.75, 3.05) is 0 Å². The number of aryl methyl sites for hydroxylation is 1. The van der Waals surface area contributed by atoms with Crippen LogP contribution in [0.1, 0.15) is 12.2 Å². The van der Waals surface area contributed by atoms with Crippen LogP contribution in [0.15, 0.2) is 24.4 Å². The van der Waals surface area contributed by atoms with Crippen molar-refractivity contribution in [3.63, 3.8) is 0 Å². The SMILES string of the molecule is O=C(O)CCc1ncc2cc(Cl)ccc2n1. The highest BCUT2D eigenvalue weighted by atomic mass is 35.5. The van der Waals surface area contributed by atoms with E-state index in [9.17, 15) is 4.79 Å². The zero-order valence-corrected chi connectivity index (χ0v) is 9.11. The molecule has 0 aliphatic rings. The fourth-order valence-corrected chi connectivity index (χ4v) is 1.56. The Balaban J connectivity index is 2.30. The minimum absolute atomic E-state index is 0.0408. The van der Waals surface area contributed by atoms with E-state index in [-0.39, 0.29) is 6.42 Å². The maximum absolute atomic E-state index is 10.4. The van der Waals surface area contributed by atoms with Crippen LogP contribution in [0.25, 0.3) is 10.9 Å². The molecule has 16 heavy (non-hydrogen) atoms. The second-order valence-corrected chi connectivity index (χ2v) is 3.82. The lowest BCUT2D eigenvalue weighted by Gasteiger charge is -2.00. The van der Waals surface area contributed by atoms with Gasteiger partial charge in [-0.15, -0.1) is 0 Å². The maximum atomic E-state index is 10.4. The van der Waals surface area contributed by atoms with E-state index in [2.05, 4.69) is 9.97 Å². The molecule has 2 rings (SSSR count). The van der Waals surface area contributed by atoms with Gasteiger partial charge in [-0.3, -0.25) is 4.79 Å². The molecule has 0 aliphatic carbocycles. The summed E-state index contributed by atoms with van der Waals surface area (Å²) in [6, 6.07) is 5.32. The van der Waals surface area contributed by atoms with Gasteiger partial charge in [-0.2, -0.15) is 0 Å². The molecular formula is C11H9ClN2O2. The highest BCUT2D eigenvalue weighted by molar-refractivity contribution is 6.31. The molecule has 1 aromatic heterocycles. The van der Waals surface area contributed by atoms with Crippen LogP contribution in [-0.2, 0) is 11.2 Å². The molecular weight excluding hydrogens is 228 g/mol. The van der Waals surface area contributed by atoms with E-state index >= 15 is 0 Å². The molecule has 0 aliphatic heterocycles. The normalized spacial score (nSPS) is 10.6. The first-order chi connectivity index (χ1) is 7.65. The second kappa shape index (κ2) is 4.45. The zero-order valence-electron chi connectivity index (χ0n) is 8.35. The summed E-state index contributed by atoms with van der Waals surface area (Å²) in [6.07, 6.45) is 2.04. The number of hydrogen-bond acceptors (Lipinski definition) is 3. The Morgan fingerprint density at radius 3 is 3.00 bits per heavy atom. The van der Waals surface area contributed by atoms with Gasteiger partial charge in [0.25, 0.3) is 0 Å². The van der Waals surface area contributed by atoms with Crippen molar-refractivity contribution >= 4 is 28.5 Å². The summed E-state index contributed by atoms with van der Waals surface area (Å²) in [5.74, 6) is -0.308. The van der Waals surface area contributed by atoms with E-state index in [0.717, 1.165) is 10.9 Å². The van der Waals surface area contributed by atoms with E-state index < -0.39 is 5.97 Å². The Morgan fingerprint density at radius 1 is 1.44 bits per heavy atom. The van der Waals surface area contributed by atoms with Crippen LogP contribution in [0.4, 0.5) is 0 Å². The highest BCUT2D eigenvalue weighted by Gasteiger charge is 2.03. The Labute approximate surface area is 96.9 Å². The number of nitrogens with zero attached hydrogens (tertiary/aromatic N) is 2. The number of aliphatic carboxylic acids is 1. The summed E-state index contributed by atoms with van der Waals surface area (Å²) in [7, 11) is 0. The van der Waals surface area contributed by atoms with Gasteiger partial charge in [0.2, 0.25) is 0 Å². The lowest BCUT2D eigenvalue weighted by molar-refractivity contribution is -0.137. The van der Waals surface area contributed by atoms with Crippen molar-refractivity contribution in [1.29, 1.82) is 0 Å². The number of carboxylic acid groups (broad SMARTS) is 1. The summed E-state index contributed by atoms with van der Waals surface area (Å²) in [6.45, 7) is 0. The van der Waals surface area contributed by atoms with Crippen molar-refractivity contribution < 1.29 is 9.90 Å². The molecule has 0 bridgehead atoms. The Morgan fingerprint density at radius 2 is 2.25 bits per heavy atom. The third-order valence-electron chi connectivity index (χ3n) is 2.15. The van der Waals surface area contributed by atoms with Crippen molar-refractivity contribution in [2.24, 2.45) is 0 Å². The van der Waals surface area contributed by atoms with Gasteiger partial charge >= 0.3 is 5.97 Å². The molecule has 0 unspecified atom stereocenters. The molecule has 2 aromatic rings. The minimum atomic E-state index is -0.847. The molecule has 0 atom stereocenters. The number of halogens is 1. The third kappa shape index (κ3) is 2.46. The molecule has 0 radical (unpaired) electrons. The maximum Gasteiger partial charge on any atom is 0.303 e. The molecule has 0 saturated heterocycles. The van der Waals surface area contributed by atoms with Crippen molar-refractivity contribution in [3.05, 3.63) is 35.2 Å². The molecule has 0 fully saturated rings. The van der Waals surface area contributed by atoms with Gasteiger partial charge in [0.05, 0.1) is 11.9 Å². The summed E-state index contributed by atoms with van der Waals surface area (Å²) in [5.41, 5.74) is 0.778. The molecule has 4 nitrogen and oxygen atoms in total. The topological polar surface area (TPSA) is 63.1 Å². The number of carboxylic acids is 1. The molecule has 5 heteroatoms. The lowest BCUT2D eigenvalue weighted by Crippen LogP contribution is -2.01. The molecule has 0 spiro atoms. The van der Waals surface area contributed by atoms with Crippen molar-refractivity contribution in [2.45, 2.75) is 12.8 Å². The quantitative estimate of drug-likeness (QED) is 0.888. The smallest absolute Gasteiger partial charge is 0.303 e. The molecule has 1 aromatic carbocycles. The Bertz CT molecular complexity index is 542. The monoisotopic (exact) mass is 236 g/mol. The van der Waals surface area contributed by atoms with Gasteiger partial charge in [-0.1, -0.05) is 11.6 Å². The first-order valence-electron chi connectivity index (χ1n) is 4.78. The van der Waals surface area contributed by atoms with Crippen LogP contribution in [0.3, 0.4) is 0 Å². The number of rotatable bonds is 3. The lowest BCUT2D eigenvalue weighted by atomic mass is 10.2. The highest BCUT2D eigenvalue weighted by Crippen LogP contribution is 2.17. The van der Waals surface area contributed by atoms with Crippen LogP contribution in [0.2, 0.25) is 5.02 Å². The predicted molar refractivity (Wildman–Crippen MR) is 60.5 cm³/mol. The fraction of sp³-hybridized carbons (Fsp3) is 0.182. The molecule has 1 N–H and O–H groups in total. The first-order valence-corrected chi connectivity index (χ1v) is 5.16. The Hall–Kier alpha value is -1.68. The zero-order chi connectivity index (χ0) is 11.5. The van der Waals surface area contributed by atoms with Crippen LogP contribution < -0.4 is 0 Å². The summed E-state index contributed by atoms with van der Waals surface area (Å²) >= 11 is 5.83. The van der Waals surface area contributed by atoms with Crippen molar-refractivity contribution in [3.8, 4) is 0 Å². The number of hydrogen-bond donors (Lipinski definition) is 1. The minimum Gasteiger partial charge on any atom is -0.481 e. The van der Waals surface area contributed by atoms with Gasteiger partial charge < -0.3 is 5.11 Å². The van der Waals surface area contributed by atoms with Gasteiger partial charge in [0.1, 0.15) is 5.82 Å². The number of benzene rings is 1. The standard InChI is InChI=1S/C11H9ClN2O2/c12-8-1-2-9-7(5-8)6-13-10(14-9)3-4-11(15)16/h1-2,5-6H,3-4H2,(H,15,16). The predicted octanol–water partition coefficient (Wildman–Crippen LogP) is 2.30. The van der Waals surface area contributed by atoms with Gasteiger partial charge in [0, 0.05) is 23.0 Å². The van der Waals surface area contributed by atoms with E-state index in [1.807, 2.05) is 0 Å². The van der Waals surface area contributed by atoms with Crippen LogP contribution >= 0.6 is 11.6 Å². The van der Waals surface area contributed by atoms with Gasteiger partial charge in [-0.05, 0) is 18.2 Å². The van der Waals surface area contributed by atoms with Crippen LogP contribution in [-0.4, -0.2) is 21.0 Å². The molecule has 82 valence electrons. The fourth-order valence-electron chi connectivity index (χ4n) is 1.38. The van der Waals surface area contributed by atoms with E-state index in [0.29, 0.717) is 17.3 Å². The largest absolute Gasteiger partial charge is 0.481 e. The van der Waals surface area contributed by atoms with Gasteiger partial charge in [-0.25, -0.2) is 9.97 Å². The summed E-state index contributed by atoms with van der Waals surface area (Å²) in [4.78, 5) is 18.7. The molecule has 1 heterocycles. The summed E-state index contributed by atoms with van der Waals surface area (Å²) < 4.78 is 0. The molecule has 0 saturated carbocycles. The number of aromatic nitrogens is 2. The van der Waals surface area contributed by atoms with E-state index in [4.69, 9.17) is 16.7 Å².